The summed E-state index contributed by atoms with van der Waals surface area (Å²) in [5.41, 5.74) is 0.884. The molecule has 52 valence electrons. The van der Waals surface area contributed by atoms with Gasteiger partial charge in [0.15, 0.2) is 9.84 Å². The van der Waals surface area contributed by atoms with Gasteiger partial charge in [-0.2, -0.15) is 0 Å². The molecule has 1 rings (SSSR count). The van der Waals surface area contributed by atoms with E-state index in [4.69, 9.17) is 0 Å². The third kappa shape index (κ3) is 1.24. The molecule has 0 aromatic heterocycles. The highest BCUT2D eigenvalue weighted by Gasteiger charge is 2.23. The van der Waals surface area contributed by atoms with Crippen LogP contribution in [0, 0.1) is 0 Å². The normalized spacial score (nSPS) is 22.2. The summed E-state index contributed by atoms with van der Waals surface area (Å²) < 4.78 is 21.0. The summed E-state index contributed by atoms with van der Waals surface area (Å²) >= 11 is 0. The Bertz CT molecular complexity index is 238. The zero-order chi connectivity index (χ0) is 7.07. The monoisotopic (exact) mass is 147 g/mol. The van der Waals surface area contributed by atoms with Crippen molar-refractivity contribution in [2.45, 2.75) is 0 Å². The summed E-state index contributed by atoms with van der Waals surface area (Å²) in [6.07, 6.45) is 0. The van der Waals surface area contributed by atoms with Crippen LogP contribution in [-0.4, -0.2) is 33.2 Å². The highest BCUT2D eigenvalue weighted by molar-refractivity contribution is 7.95. The van der Waals surface area contributed by atoms with Crippen LogP contribution in [0.25, 0.3) is 0 Å². The Morgan fingerprint density at radius 2 is 2.00 bits per heavy atom. The van der Waals surface area contributed by atoms with Crippen LogP contribution in [0.5, 0.6) is 0 Å². The van der Waals surface area contributed by atoms with Gasteiger partial charge in [-0.05, 0) is 0 Å². The Labute approximate surface area is 54.9 Å². The zero-order valence-electron chi connectivity index (χ0n) is 5.46. The van der Waals surface area contributed by atoms with Crippen LogP contribution < -0.4 is 0 Å². The maximum absolute atomic E-state index is 10.5. The Hall–Kier alpha value is -0.510. The average molecular weight is 147 g/mol. The van der Waals surface area contributed by atoms with Gasteiger partial charge in [0.05, 0.1) is 11.2 Å². The molecular formula is C5H9NO2S. The molecule has 9 heavy (non-hydrogen) atoms. The molecule has 0 unspecified atom stereocenters. The summed E-state index contributed by atoms with van der Waals surface area (Å²) in [6.45, 7) is 0. The van der Waals surface area contributed by atoms with Crippen LogP contribution in [0.4, 0.5) is 0 Å². The first-order valence-electron chi connectivity index (χ1n) is 2.62. The van der Waals surface area contributed by atoms with Crippen molar-refractivity contribution in [3.63, 3.8) is 0 Å². The van der Waals surface area contributed by atoms with Gasteiger partial charge in [0.25, 0.3) is 0 Å². The number of hydrogen-bond donors (Lipinski definition) is 0. The summed E-state index contributed by atoms with van der Waals surface area (Å²) in [5, 5.41) is 1.30. The maximum Gasteiger partial charge on any atom is 0.178 e. The van der Waals surface area contributed by atoms with Crippen LogP contribution in [0.3, 0.4) is 0 Å². The molecule has 1 aliphatic rings. The van der Waals surface area contributed by atoms with E-state index in [-0.39, 0.29) is 5.75 Å². The fourth-order valence-electron chi connectivity index (χ4n) is 0.624. The minimum Gasteiger partial charge on any atom is -0.380 e. The smallest absolute Gasteiger partial charge is 0.178 e. The second kappa shape index (κ2) is 1.73. The molecule has 4 heteroatoms. The second-order valence-electron chi connectivity index (χ2n) is 2.31. The molecule has 0 saturated heterocycles. The summed E-state index contributed by atoms with van der Waals surface area (Å²) in [4.78, 5) is 1.81. The molecule has 0 amide bonds. The van der Waals surface area contributed by atoms with Crippen molar-refractivity contribution in [2.24, 2.45) is 0 Å². The first-order chi connectivity index (χ1) is 4.01. The van der Waals surface area contributed by atoms with Gasteiger partial charge in [0.1, 0.15) is 0 Å². The van der Waals surface area contributed by atoms with E-state index in [9.17, 15) is 8.42 Å². The predicted octanol–water partition coefficient (Wildman–Crippen LogP) is -0.182. The number of nitrogens with zero attached hydrogens (tertiary/aromatic N) is 1. The zero-order valence-corrected chi connectivity index (χ0v) is 6.27. The van der Waals surface area contributed by atoms with Crippen LogP contribution in [-0.2, 0) is 9.84 Å². The SMILES string of the molecule is CN(C)C1=CS(=O)(=O)C1. The van der Waals surface area contributed by atoms with Crippen molar-refractivity contribution in [1.82, 2.24) is 4.90 Å². The summed E-state index contributed by atoms with van der Waals surface area (Å²) in [7, 11) is 0.888. The van der Waals surface area contributed by atoms with Crippen molar-refractivity contribution in [3.8, 4) is 0 Å². The molecule has 0 radical (unpaired) electrons. The quantitative estimate of drug-likeness (QED) is 0.516. The number of hydrogen-bond acceptors (Lipinski definition) is 3. The van der Waals surface area contributed by atoms with Crippen LogP contribution in [0.2, 0.25) is 0 Å². The standard InChI is InChI=1S/C5H9NO2S/c1-6(2)5-3-9(7,8)4-5/h3H,4H2,1-2H3. The van der Waals surface area contributed by atoms with Crippen LogP contribution in [0.1, 0.15) is 0 Å². The van der Waals surface area contributed by atoms with Gasteiger partial charge < -0.3 is 4.90 Å². The Balaban J connectivity index is 2.77. The van der Waals surface area contributed by atoms with Gasteiger partial charge >= 0.3 is 0 Å². The van der Waals surface area contributed by atoms with Crippen molar-refractivity contribution < 1.29 is 8.42 Å². The minimum atomic E-state index is -2.78. The Morgan fingerprint density at radius 3 is 2.11 bits per heavy atom. The third-order valence-corrected chi connectivity index (χ3v) is 2.57. The Kier molecular flexibility index (Phi) is 1.27. The molecule has 0 fully saturated rings. The maximum atomic E-state index is 10.5. The molecule has 0 atom stereocenters. The van der Waals surface area contributed by atoms with E-state index in [1.54, 1.807) is 4.90 Å². The lowest BCUT2D eigenvalue weighted by Gasteiger charge is -2.22. The highest BCUT2D eigenvalue weighted by Crippen LogP contribution is 2.16. The number of rotatable bonds is 1. The Morgan fingerprint density at radius 1 is 1.56 bits per heavy atom. The molecule has 0 aromatic carbocycles. The van der Waals surface area contributed by atoms with Crippen molar-refractivity contribution in [2.75, 3.05) is 19.8 Å². The molecule has 0 aromatic rings. The topological polar surface area (TPSA) is 37.4 Å². The van der Waals surface area contributed by atoms with E-state index in [2.05, 4.69) is 0 Å². The van der Waals surface area contributed by atoms with Crippen molar-refractivity contribution in [1.29, 1.82) is 0 Å². The van der Waals surface area contributed by atoms with Gasteiger partial charge in [-0.1, -0.05) is 0 Å². The molecule has 0 bridgehead atoms. The van der Waals surface area contributed by atoms with Gasteiger partial charge in [-0.25, -0.2) is 8.42 Å². The van der Waals surface area contributed by atoms with E-state index in [1.807, 2.05) is 14.1 Å². The van der Waals surface area contributed by atoms with E-state index in [0.29, 0.717) is 0 Å². The molecule has 3 nitrogen and oxygen atoms in total. The molecule has 0 N–H and O–H groups in total. The molecule has 0 spiro atoms. The lowest BCUT2D eigenvalue weighted by molar-refractivity contribution is 0.501. The van der Waals surface area contributed by atoms with Crippen LogP contribution in [0.15, 0.2) is 11.1 Å². The fourth-order valence-corrected chi connectivity index (χ4v) is 1.87. The number of sulfone groups is 1. The lowest BCUT2D eigenvalue weighted by atomic mass is 10.5. The summed E-state index contributed by atoms with van der Waals surface area (Å²) in [6, 6.07) is 0. The first kappa shape index (κ1) is 6.61. The van der Waals surface area contributed by atoms with Crippen molar-refractivity contribution in [3.05, 3.63) is 11.1 Å². The van der Waals surface area contributed by atoms with E-state index in [1.165, 1.54) is 5.41 Å². The predicted molar refractivity (Wildman–Crippen MR) is 35.6 cm³/mol. The highest BCUT2D eigenvalue weighted by atomic mass is 32.2. The average Bonchev–Trinajstić information content (AvgIpc) is 1.59. The lowest BCUT2D eigenvalue weighted by Crippen LogP contribution is -2.27. The van der Waals surface area contributed by atoms with Gasteiger partial charge in [-0.3, -0.25) is 0 Å². The molecule has 1 heterocycles. The van der Waals surface area contributed by atoms with Gasteiger partial charge in [0.2, 0.25) is 0 Å². The van der Waals surface area contributed by atoms with Crippen LogP contribution >= 0.6 is 0 Å². The largest absolute Gasteiger partial charge is 0.380 e. The summed E-state index contributed by atoms with van der Waals surface area (Å²) in [5.74, 6) is 0.208. The molecule has 0 aliphatic carbocycles. The fraction of sp³-hybridized carbons (Fsp3) is 0.600. The molecular weight excluding hydrogens is 138 g/mol. The van der Waals surface area contributed by atoms with Gasteiger partial charge in [-0.15, -0.1) is 0 Å². The molecule has 0 saturated carbocycles. The van der Waals surface area contributed by atoms with Gasteiger partial charge in [0, 0.05) is 19.8 Å². The van der Waals surface area contributed by atoms with E-state index in [0.717, 1.165) is 5.70 Å². The van der Waals surface area contributed by atoms with E-state index >= 15 is 0 Å². The third-order valence-electron chi connectivity index (χ3n) is 1.24. The van der Waals surface area contributed by atoms with E-state index < -0.39 is 9.84 Å². The second-order valence-corrected chi connectivity index (χ2v) is 4.16. The van der Waals surface area contributed by atoms with Crippen molar-refractivity contribution >= 4 is 9.84 Å². The first-order valence-corrected chi connectivity index (χ1v) is 4.33. The minimum absolute atomic E-state index is 0.208. The molecule has 1 aliphatic heterocycles.